The molecule has 0 aliphatic heterocycles. The lowest BCUT2D eigenvalue weighted by Crippen LogP contribution is -2.07. The van der Waals surface area contributed by atoms with Crippen LogP contribution in [0.4, 0.5) is 24.8 Å². The molecule has 0 spiro atoms. The van der Waals surface area contributed by atoms with Crippen LogP contribution in [0.3, 0.4) is 0 Å². The first-order chi connectivity index (χ1) is 14.7. The molecular weight excluding hydrogens is 423 g/mol. The van der Waals surface area contributed by atoms with Crippen molar-refractivity contribution < 1.29 is 13.2 Å². The number of nitrogens with one attached hydrogen (secondary N) is 1. The lowest BCUT2D eigenvalue weighted by atomic mass is 9.96. The van der Waals surface area contributed by atoms with Crippen molar-refractivity contribution in [3.05, 3.63) is 87.7 Å². The number of aromatic nitrogens is 2. The predicted molar refractivity (Wildman–Crippen MR) is 120 cm³/mol. The van der Waals surface area contributed by atoms with Gasteiger partial charge in [0.25, 0.3) is 0 Å². The third-order valence-corrected chi connectivity index (χ3v) is 5.05. The molecule has 2 aromatic carbocycles. The van der Waals surface area contributed by atoms with Gasteiger partial charge in [0.15, 0.2) is 0 Å². The van der Waals surface area contributed by atoms with Crippen LogP contribution in [-0.4, -0.2) is 9.97 Å². The first-order valence-electron chi connectivity index (χ1n) is 9.99. The van der Waals surface area contributed by atoms with Gasteiger partial charge in [0.05, 0.1) is 11.3 Å². The lowest BCUT2D eigenvalue weighted by molar-refractivity contribution is -0.137. The average Bonchev–Trinajstić information content (AvgIpc) is 2.72. The first-order valence-corrected chi connectivity index (χ1v) is 10.4. The van der Waals surface area contributed by atoms with Gasteiger partial charge in [-0.1, -0.05) is 55.8 Å². The van der Waals surface area contributed by atoms with Gasteiger partial charge < -0.3 is 5.32 Å². The van der Waals surface area contributed by atoms with E-state index >= 15 is 0 Å². The molecule has 1 heterocycles. The molecule has 0 aliphatic rings. The second-order valence-corrected chi connectivity index (χ2v) is 7.56. The van der Waals surface area contributed by atoms with E-state index in [9.17, 15) is 13.2 Å². The number of hydrogen-bond acceptors (Lipinski definition) is 3. The molecule has 0 saturated heterocycles. The van der Waals surface area contributed by atoms with Gasteiger partial charge in [-0.3, -0.25) is 0 Å². The van der Waals surface area contributed by atoms with E-state index in [0.29, 0.717) is 0 Å². The Labute approximate surface area is 185 Å². The number of alkyl halides is 3. The topological polar surface area (TPSA) is 37.8 Å². The van der Waals surface area contributed by atoms with Crippen LogP contribution < -0.4 is 5.32 Å². The number of anilines is 2. The zero-order valence-electron chi connectivity index (χ0n) is 17.5. The van der Waals surface area contributed by atoms with E-state index in [2.05, 4.69) is 59.5 Å². The highest BCUT2D eigenvalue weighted by molar-refractivity contribution is 6.31. The van der Waals surface area contributed by atoms with E-state index in [1.165, 1.54) is 11.6 Å². The van der Waals surface area contributed by atoms with Gasteiger partial charge in [0.2, 0.25) is 5.95 Å². The van der Waals surface area contributed by atoms with Gasteiger partial charge in [0, 0.05) is 22.5 Å². The van der Waals surface area contributed by atoms with E-state index in [1.54, 1.807) is 6.20 Å². The number of aryl methyl sites for hydroxylation is 2. The minimum Gasteiger partial charge on any atom is -0.324 e. The minimum atomic E-state index is -4.49. The Kier molecular flexibility index (Phi) is 7.01. The molecule has 162 valence electrons. The maximum absolute atomic E-state index is 13.1. The quantitative estimate of drug-likeness (QED) is 0.424. The van der Waals surface area contributed by atoms with Crippen LogP contribution in [0, 0.1) is 6.92 Å². The predicted octanol–water partition coefficient (Wildman–Crippen LogP) is 7.60. The van der Waals surface area contributed by atoms with Crippen molar-refractivity contribution in [2.45, 2.75) is 39.8 Å². The van der Waals surface area contributed by atoms with Gasteiger partial charge in [-0.2, -0.15) is 13.2 Å². The molecule has 0 saturated carbocycles. The van der Waals surface area contributed by atoms with Crippen molar-refractivity contribution in [3.63, 3.8) is 0 Å². The Morgan fingerprint density at radius 2 is 1.81 bits per heavy atom. The molecule has 0 unspecified atom stereocenters. The van der Waals surface area contributed by atoms with Gasteiger partial charge in [-0.05, 0) is 54.7 Å². The highest BCUT2D eigenvalue weighted by atomic mass is 35.5. The van der Waals surface area contributed by atoms with Crippen molar-refractivity contribution in [2.75, 3.05) is 5.32 Å². The number of halogens is 4. The Morgan fingerprint density at radius 3 is 2.39 bits per heavy atom. The number of hydrogen-bond donors (Lipinski definition) is 1. The molecule has 1 N–H and O–H groups in total. The fraction of sp³-hybridized carbons (Fsp3) is 0.250. The fourth-order valence-corrected chi connectivity index (χ4v) is 3.49. The van der Waals surface area contributed by atoms with Gasteiger partial charge in [0.1, 0.15) is 0 Å². The minimum absolute atomic E-state index is 0.0191. The lowest BCUT2D eigenvalue weighted by Gasteiger charge is -2.14. The van der Waals surface area contributed by atoms with Crippen molar-refractivity contribution in [2.24, 2.45) is 0 Å². The van der Waals surface area contributed by atoms with Crippen LogP contribution in [0.2, 0.25) is 5.02 Å². The van der Waals surface area contributed by atoms with Crippen molar-refractivity contribution in [1.29, 1.82) is 0 Å². The Hall–Kier alpha value is -2.86. The molecule has 0 aliphatic carbocycles. The number of benzene rings is 2. The summed E-state index contributed by atoms with van der Waals surface area (Å²) in [6.07, 6.45) is 1.12. The Balaban J connectivity index is 1.91. The second-order valence-electron chi connectivity index (χ2n) is 7.12. The summed E-state index contributed by atoms with van der Waals surface area (Å²) in [5.74, 6) is 0.203. The number of nitrogens with zero attached hydrogens (tertiary/aromatic N) is 2. The summed E-state index contributed by atoms with van der Waals surface area (Å²) in [4.78, 5) is 8.80. The number of allylic oxidation sites excluding steroid dienone is 1. The summed E-state index contributed by atoms with van der Waals surface area (Å²) in [6.45, 7) is 6.02. The molecule has 1 aromatic heterocycles. The van der Waals surface area contributed by atoms with Gasteiger partial charge in [-0.25, -0.2) is 9.97 Å². The molecule has 7 heteroatoms. The summed E-state index contributed by atoms with van der Waals surface area (Å²) in [7, 11) is 0. The molecule has 3 rings (SSSR count). The van der Waals surface area contributed by atoms with Crippen LogP contribution in [0.15, 0.2) is 54.7 Å². The van der Waals surface area contributed by atoms with Crippen LogP contribution in [0.25, 0.3) is 5.57 Å². The second kappa shape index (κ2) is 9.52. The molecule has 3 nitrogen and oxygen atoms in total. The van der Waals surface area contributed by atoms with E-state index in [4.69, 9.17) is 11.6 Å². The van der Waals surface area contributed by atoms with E-state index in [1.807, 2.05) is 6.92 Å². The van der Waals surface area contributed by atoms with Crippen LogP contribution in [-0.2, 0) is 12.6 Å². The van der Waals surface area contributed by atoms with Crippen LogP contribution in [0.5, 0.6) is 0 Å². The van der Waals surface area contributed by atoms with Gasteiger partial charge in [-0.15, -0.1) is 0 Å². The summed E-state index contributed by atoms with van der Waals surface area (Å²) in [5, 5.41) is 2.81. The molecule has 31 heavy (non-hydrogen) atoms. The van der Waals surface area contributed by atoms with E-state index in [0.717, 1.165) is 47.4 Å². The fourth-order valence-electron chi connectivity index (χ4n) is 3.25. The molecule has 0 amide bonds. The molecule has 0 atom stereocenters. The molecule has 0 radical (unpaired) electrons. The number of rotatable bonds is 6. The first kappa shape index (κ1) is 22.8. The standard InChI is InChI=1S/C24H23ClF3N3/c1-4-6-21(17-9-7-16(5-2)8-10-17)22-14-29-23(30-15(22)3)31-20-12-18(24(26,27)28)11-19(25)13-20/h6-14H,4-5H2,1-3H3,(H,29,30,31)/b21-6-. The molecule has 0 fully saturated rings. The van der Waals surface area contributed by atoms with Crippen molar-refractivity contribution in [1.82, 2.24) is 9.97 Å². The smallest absolute Gasteiger partial charge is 0.324 e. The summed E-state index contributed by atoms with van der Waals surface area (Å²) in [5.41, 5.74) is 4.28. The zero-order chi connectivity index (χ0) is 22.6. The van der Waals surface area contributed by atoms with Crippen LogP contribution >= 0.6 is 11.6 Å². The van der Waals surface area contributed by atoms with Crippen LogP contribution in [0.1, 0.15) is 48.2 Å². The van der Waals surface area contributed by atoms with E-state index < -0.39 is 11.7 Å². The summed E-state index contributed by atoms with van der Waals surface area (Å²) < 4.78 is 39.2. The zero-order valence-corrected chi connectivity index (χ0v) is 18.3. The Bertz CT molecular complexity index is 1090. The van der Waals surface area contributed by atoms with Gasteiger partial charge >= 0.3 is 6.18 Å². The largest absolute Gasteiger partial charge is 0.416 e. The SMILES string of the molecule is CC/C=C(/c1ccc(CC)cc1)c1cnc(Nc2cc(Cl)cc(C(F)(F)F)c2)nc1C. The maximum Gasteiger partial charge on any atom is 0.416 e. The maximum atomic E-state index is 13.1. The van der Waals surface area contributed by atoms with E-state index in [-0.39, 0.29) is 16.7 Å². The highest BCUT2D eigenvalue weighted by Gasteiger charge is 2.31. The summed E-state index contributed by atoms with van der Waals surface area (Å²) in [6, 6.07) is 11.6. The highest BCUT2D eigenvalue weighted by Crippen LogP contribution is 2.34. The van der Waals surface area contributed by atoms with Crippen molar-refractivity contribution in [3.8, 4) is 0 Å². The average molecular weight is 446 g/mol. The third-order valence-electron chi connectivity index (χ3n) is 4.83. The Morgan fingerprint density at radius 1 is 1.10 bits per heavy atom. The monoisotopic (exact) mass is 445 g/mol. The molecule has 3 aromatic rings. The summed E-state index contributed by atoms with van der Waals surface area (Å²) >= 11 is 5.86. The normalized spacial score (nSPS) is 12.2. The molecule has 0 bridgehead atoms. The van der Waals surface area contributed by atoms with Crippen molar-refractivity contribution >= 4 is 28.8 Å². The molecular formula is C24H23ClF3N3. The third kappa shape index (κ3) is 5.64.